The molecule has 9 nitrogen and oxygen atoms in total. The van der Waals surface area contributed by atoms with Gasteiger partial charge in [0, 0.05) is 24.9 Å². The monoisotopic (exact) mass is 471 g/mol. The fourth-order valence-electron chi connectivity index (χ4n) is 4.33. The highest BCUT2D eigenvalue weighted by Crippen LogP contribution is 2.35. The third kappa shape index (κ3) is 3.43. The van der Waals surface area contributed by atoms with E-state index in [0.717, 1.165) is 11.3 Å². The Morgan fingerprint density at radius 3 is 2.46 bits per heavy atom. The van der Waals surface area contributed by atoms with Gasteiger partial charge in [-0.1, -0.05) is 42.5 Å². The average molecular weight is 472 g/mol. The summed E-state index contributed by atoms with van der Waals surface area (Å²) in [7, 11) is 4.80. The van der Waals surface area contributed by atoms with Crippen molar-refractivity contribution in [2.24, 2.45) is 7.05 Å². The highest BCUT2D eigenvalue weighted by atomic mass is 16.5. The molecule has 0 atom stereocenters. The van der Waals surface area contributed by atoms with Gasteiger partial charge in [0.15, 0.2) is 11.2 Å². The van der Waals surface area contributed by atoms with Crippen LogP contribution < -0.4 is 20.7 Å². The maximum absolute atomic E-state index is 13.5. The Bertz CT molecular complexity index is 1720. The van der Waals surface area contributed by atoms with Gasteiger partial charge in [-0.05, 0) is 19.1 Å². The normalized spacial score (nSPS) is 11.3. The van der Waals surface area contributed by atoms with Crippen molar-refractivity contribution in [3.05, 3.63) is 87.7 Å². The number of ether oxygens (including phenoxy) is 2. The minimum atomic E-state index is -0.444. The van der Waals surface area contributed by atoms with E-state index in [2.05, 4.69) is 6.58 Å². The van der Waals surface area contributed by atoms with Crippen molar-refractivity contribution < 1.29 is 9.47 Å². The average Bonchev–Trinajstić information content (AvgIpc) is 3.41. The predicted molar refractivity (Wildman–Crippen MR) is 135 cm³/mol. The Kier molecular flexibility index (Phi) is 5.32. The maximum Gasteiger partial charge on any atom is 0.332 e. The molecule has 0 saturated carbocycles. The third-order valence-electron chi connectivity index (χ3n) is 5.97. The van der Waals surface area contributed by atoms with Crippen molar-refractivity contribution >= 4 is 16.9 Å². The first-order chi connectivity index (χ1) is 16.8. The molecule has 0 N–H and O–H groups in total. The maximum atomic E-state index is 13.5. The molecule has 5 aromatic rings. The molecule has 0 aliphatic carbocycles. The van der Waals surface area contributed by atoms with Crippen LogP contribution in [0.3, 0.4) is 0 Å². The van der Waals surface area contributed by atoms with Gasteiger partial charge < -0.3 is 9.47 Å². The number of rotatable bonds is 6. The van der Waals surface area contributed by atoms with Gasteiger partial charge in [-0.25, -0.2) is 4.79 Å². The Morgan fingerprint density at radius 1 is 1.06 bits per heavy atom. The number of hydrogen-bond acceptors (Lipinski definition) is 5. The lowest BCUT2D eigenvalue weighted by Crippen LogP contribution is -2.39. The molecule has 0 spiro atoms. The lowest BCUT2D eigenvalue weighted by atomic mass is 10.1. The first kappa shape index (κ1) is 22.3. The fourth-order valence-corrected chi connectivity index (χ4v) is 4.33. The second-order valence-electron chi connectivity index (χ2n) is 8.40. The largest absolute Gasteiger partial charge is 0.497 e. The second-order valence-corrected chi connectivity index (χ2v) is 8.40. The van der Waals surface area contributed by atoms with Crippen LogP contribution in [0.1, 0.15) is 6.92 Å². The van der Waals surface area contributed by atoms with E-state index in [9.17, 15) is 9.59 Å². The summed E-state index contributed by atoms with van der Waals surface area (Å²) in [6.45, 7) is 5.77. The summed E-state index contributed by atoms with van der Waals surface area (Å²) < 4.78 is 17.4. The van der Waals surface area contributed by atoms with Crippen molar-refractivity contribution in [2.75, 3.05) is 14.2 Å². The van der Waals surface area contributed by atoms with E-state index in [1.54, 1.807) is 32.6 Å². The standard InChI is InChI=1S/C26H25N5O4/c1-16(2)14-30-24(32)22-23(28(3)26(30)33)27-25-29(22)15-20(17-9-7-6-8-10-17)31(25)19-13-18(34-4)11-12-21(19)35-5/h6-13,15H,1,14H2,2-5H3. The molecule has 0 unspecified atom stereocenters. The minimum absolute atomic E-state index is 0.130. The van der Waals surface area contributed by atoms with Gasteiger partial charge in [-0.2, -0.15) is 4.98 Å². The van der Waals surface area contributed by atoms with E-state index in [1.807, 2.05) is 59.3 Å². The highest BCUT2D eigenvalue weighted by molar-refractivity contribution is 5.80. The first-order valence-corrected chi connectivity index (χ1v) is 11.0. The highest BCUT2D eigenvalue weighted by Gasteiger charge is 2.24. The van der Waals surface area contributed by atoms with Crippen LogP contribution in [0.2, 0.25) is 0 Å². The SMILES string of the molecule is C=C(C)Cn1c(=O)c2c(nc3n(-c4cc(OC)ccc4OC)c(-c4ccccc4)cn23)n(C)c1=O. The number of nitrogens with zero attached hydrogens (tertiary/aromatic N) is 5. The summed E-state index contributed by atoms with van der Waals surface area (Å²) in [6, 6.07) is 15.3. The van der Waals surface area contributed by atoms with Crippen LogP contribution in [0.15, 0.2) is 76.5 Å². The van der Waals surface area contributed by atoms with Crippen molar-refractivity contribution in [3.8, 4) is 28.4 Å². The molecule has 0 aliphatic heterocycles. The van der Waals surface area contributed by atoms with E-state index in [1.165, 1.54) is 9.13 Å². The number of aromatic nitrogens is 5. The summed E-state index contributed by atoms with van der Waals surface area (Å²) in [5.41, 5.74) is 2.83. The lowest BCUT2D eigenvalue weighted by Gasteiger charge is -2.14. The molecular formula is C26H25N5O4. The Balaban J connectivity index is 1.96. The van der Waals surface area contributed by atoms with Gasteiger partial charge >= 0.3 is 5.69 Å². The summed E-state index contributed by atoms with van der Waals surface area (Å²) in [5, 5.41) is 0. The molecule has 5 rings (SSSR count). The fraction of sp³-hybridized carbons (Fsp3) is 0.192. The van der Waals surface area contributed by atoms with Crippen LogP contribution in [-0.4, -0.2) is 37.3 Å². The van der Waals surface area contributed by atoms with E-state index in [0.29, 0.717) is 39.7 Å². The van der Waals surface area contributed by atoms with Crippen molar-refractivity contribution in [3.63, 3.8) is 0 Å². The van der Waals surface area contributed by atoms with Crippen LogP contribution in [0.4, 0.5) is 0 Å². The smallest absolute Gasteiger partial charge is 0.332 e. The Labute approximate surface area is 200 Å². The summed E-state index contributed by atoms with van der Waals surface area (Å²) in [4.78, 5) is 31.2. The molecular weight excluding hydrogens is 446 g/mol. The van der Waals surface area contributed by atoms with Gasteiger partial charge in [0.25, 0.3) is 5.56 Å². The topological polar surface area (TPSA) is 84.7 Å². The predicted octanol–water partition coefficient (Wildman–Crippen LogP) is 3.40. The number of allylic oxidation sites excluding steroid dienone is 1. The molecule has 3 heterocycles. The number of imidazole rings is 2. The molecule has 2 aromatic carbocycles. The molecule has 0 saturated heterocycles. The van der Waals surface area contributed by atoms with Gasteiger partial charge in [0.1, 0.15) is 11.5 Å². The van der Waals surface area contributed by atoms with Gasteiger partial charge in [-0.3, -0.25) is 22.9 Å². The minimum Gasteiger partial charge on any atom is -0.497 e. The van der Waals surface area contributed by atoms with Crippen LogP contribution >= 0.6 is 0 Å². The zero-order valence-electron chi connectivity index (χ0n) is 20.0. The van der Waals surface area contributed by atoms with Gasteiger partial charge in [-0.15, -0.1) is 0 Å². The quantitative estimate of drug-likeness (QED) is 0.355. The number of methoxy groups -OCH3 is 2. The van der Waals surface area contributed by atoms with Gasteiger partial charge in [0.2, 0.25) is 5.78 Å². The number of benzene rings is 2. The van der Waals surface area contributed by atoms with E-state index in [4.69, 9.17) is 14.5 Å². The molecule has 0 bridgehead atoms. The van der Waals surface area contributed by atoms with E-state index >= 15 is 0 Å². The van der Waals surface area contributed by atoms with Crippen LogP contribution in [-0.2, 0) is 13.6 Å². The molecule has 3 aromatic heterocycles. The second kappa shape index (κ2) is 8.35. The number of hydrogen-bond donors (Lipinski definition) is 0. The van der Waals surface area contributed by atoms with Crippen LogP contribution in [0.25, 0.3) is 33.9 Å². The van der Waals surface area contributed by atoms with Crippen molar-refractivity contribution in [1.82, 2.24) is 23.1 Å². The molecule has 0 aliphatic rings. The lowest BCUT2D eigenvalue weighted by molar-refractivity contribution is 0.402. The van der Waals surface area contributed by atoms with E-state index in [-0.39, 0.29) is 6.54 Å². The zero-order valence-corrected chi connectivity index (χ0v) is 20.0. The molecule has 0 radical (unpaired) electrons. The van der Waals surface area contributed by atoms with Gasteiger partial charge in [0.05, 0.1) is 32.1 Å². The molecule has 0 amide bonds. The third-order valence-corrected chi connectivity index (χ3v) is 5.97. The molecule has 178 valence electrons. The first-order valence-electron chi connectivity index (χ1n) is 11.0. The zero-order chi connectivity index (χ0) is 24.9. The summed E-state index contributed by atoms with van der Waals surface area (Å²) >= 11 is 0. The Morgan fingerprint density at radius 2 is 1.80 bits per heavy atom. The summed E-state index contributed by atoms with van der Waals surface area (Å²) in [5.74, 6) is 1.70. The Hall–Kier alpha value is -4.53. The van der Waals surface area contributed by atoms with E-state index < -0.39 is 11.2 Å². The van der Waals surface area contributed by atoms with Crippen molar-refractivity contribution in [2.45, 2.75) is 13.5 Å². The number of fused-ring (bicyclic) bond motifs is 3. The van der Waals surface area contributed by atoms with Crippen LogP contribution in [0, 0.1) is 0 Å². The molecule has 35 heavy (non-hydrogen) atoms. The number of aryl methyl sites for hydroxylation is 1. The molecule has 0 fully saturated rings. The van der Waals surface area contributed by atoms with Crippen LogP contribution in [0.5, 0.6) is 11.5 Å². The summed E-state index contributed by atoms with van der Waals surface area (Å²) in [6.07, 6.45) is 1.86. The molecule has 9 heteroatoms. The van der Waals surface area contributed by atoms with Crippen molar-refractivity contribution in [1.29, 1.82) is 0 Å².